The number of carboxylic acid groups (broad SMARTS) is 1. The number of methoxy groups -OCH3 is 1. The first-order chi connectivity index (χ1) is 35.0. The van der Waals surface area contributed by atoms with Crippen LogP contribution in [0, 0.1) is 6.92 Å². The van der Waals surface area contributed by atoms with Crippen LogP contribution in [0.3, 0.4) is 0 Å². The molecule has 4 atom stereocenters. The molecule has 3 aliphatic heterocycles. The molecule has 3 aliphatic rings. The third kappa shape index (κ3) is 10.4. The second-order valence-electron chi connectivity index (χ2n) is 18.9. The molecule has 6 aromatic rings. The second-order valence-corrected chi connectivity index (χ2v) is 20.8. The maximum atomic E-state index is 14.3. The zero-order valence-electron chi connectivity index (χ0n) is 40.9. The van der Waals surface area contributed by atoms with Gasteiger partial charge in [0.05, 0.1) is 31.7 Å². The van der Waals surface area contributed by atoms with Gasteiger partial charge >= 0.3 is 5.97 Å². The van der Waals surface area contributed by atoms with Gasteiger partial charge in [-0.3, -0.25) is 28.9 Å². The van der Waals surface area contributed by atoms with E-state index in [-0.39, 0.29) is 67.0 Å². The number of rotatable bonds is 18. The van der Waals surface area contributed by atoms with E-state index in [0.717, 1.165) is 47.3 Å². The van der Waals surface area contributed by atoms with Crippen LogP contribution < -0.4 is 24.8 Å². The first kappa shape index (κ1) is 50.5. The van der Waals surface area contributed by atoms with Gasteiger partial charge in [-0.05, 0) is 115 Å². The Labute approximate surface area is 421 Å². The van der Waals surface area contributed by atoms with E-state index in [4.69, 9.17) is 14.2 Å². The number of ether oxygens (including phenoxy) is 3. The minimum absolute atomic E-state index is 0.0474. The number of piperidine rings is 1. The standard InChI is InChI=1S/C53H57N7O12S/c1-30-13-15-33(39(26-48(63)64)35-23-41-50(44(24-35)70-4)58(3)57-56-41)21-36(30)28-59-27-31(2)72-43-20-32(14-17-45(43)73(59,68)69)10-7-5-6-8-19-54-47(62)29-71-37-22-34-11-9-12-38-49(34)40(25-37)53(67)60(52(38)66)42-16-18-46(61)55-51(42)65/h9,11-15,17,20-25,31,39,42,51,65H,5-8,10,16,18-19,26-29H2,1-4H3,(H,54,62)(H,55,61)(H,63,64)/t31-,39?,42?,51?/m1/s1. The van der Waals surface area contributed by atoms with Crippen molar-refractivity contribution in [2.45, 2.75) is 101 Å². The lowest BCUT2D eigenvalue weighted by molar-refractivity contribution is -0.137. The van der Waals surface area contributed by atoms with Crippen LogP contribution in [0.5, 0.6) is 17.2 Å². The van der Waals surface area contributed by atoms with Crippen molar-refractivity contribution in [2.24, 2.45) is 7.05 Å². The largest absolute Gasteiger partial charge is 0.494 e. The van der Waals surface area contributed by atoms with Crippen LogP contribution in [0.25, 0.3) is 21.8 Å². The lowest BCUT2D eigenvalue weighted by Gasteiger charge is -2.38. The SMILES string of the molecule is COc1cc(C(CC(=O)O)c2ccc(C)c(CN3C[C@@H](C)Oc4cc(CCCCCCNC(=O)COc5cc6c7c(cccc7c5)C(=O)N(C5CCC(=O)NC5O)C6=O)ccc4S3(=O)=O)c2)cc2nnn(C)c12. The van der Waals surface area contributed by atoms with Gasteiger partial charge in [0.1, 0.15) is 45.5 Å². The van der Waals surface area contributed by atoms with Gasteiger partial charge in [-0.2, -0.15) is 4.31 Å². The highest BCUT2D eigenvalue weighted by Gasteiger charge is 2.43. The number of carbonyl (C=O) groups is 5. The summed E-state index contributed by atoms with van der Waals surface area (Å²) in [6.45, 7) is 4.00. The average molecular weight is 1020 g/mol. The summed E-state index contributed by atoms with van der Waals surface area (Å²) in [4.78, 5) is 65.2. The number of aliphatic hydroxyl groups excluding tert-OH is 1. The van der Waals surface area contributed by atoms with Crippen molar-refractivity contribution < 1.29 is 56.8 Å². The van der Waals surface area contributed by atoms with Crippen molar-refractivity contribution in [1.29, 1.82) is 0 Å². The highest BCUT2D eigenvalue weighted by atomic mass is 32.2. The Morgan fingerprint density at radius 1 is 0.959 bits per heavy atom. The first-order valence-electron chi connectivity index (χ1n) is 24.3. The van der Waals surface area contributed by atoms with Crippen molar-refractivity contribution in [2.75, 3.05) is 26.8 Å². The molecule has 9 rings (SSSR count). The quantitative estimate of drug-likeness (QED) is 0.0613. The lowest BCUT2D eigenvalue weighted by atomic mass is 9.86. The molecule has 73 heavy (non-hydrogen) atoms. The van der Waals surface area contributed by atoms with Gasteiger partial charge in [0.15, 0.2) is 6.61 Å². The number of fused-ring (bicyclic) bond motifs is 2. The third-order valence-corrected chi connectivity index (χ3v) is 15.7. The Morgan fingerprint density at radius 3 is 2.53 bits per heavy atom. The normalized spacial score (nSPS) is 18.9. The summed E-state index contributed by atoms with van der Waals surface area (Å²) in [6.07, 6.45) is 2.02. The Bertz CT molecular complexity index is 3290. The zero-order valence-corrected chi connectivity index (χ0v) is 41.7. The van der Waals surface area contributed by atoms with Crippen molar-refractivity contribution in [1.82, 2.24) is 34.8 Å². The fourth-order valence-electron chi connectivity index (χ4n) is 10.1. The van der Waals surface area contributed by atoms with Gasteiger partial charge in [-0.25, -0.2) is 13.1 Å². The van der Waals surface area contributed by atoms with E-state index >= 15 is 0 Å². The minimum Gasteiger partial charge on any atom is -0.494 e. The lowest BCUT2D eigenvalue weighted by Crippen LogP contribution is -2.59. The first-order valence-corrected chi connectivity index (χ1v) is 25.7. The van der Waals surface area contributed by atoms with Gasteiger partial charge in [-0.15, -0.1) is 5.10 Å². The fraction of sp³-hybridized carbons (Fsp3) is 0.377. The monoisotopic (exact) mass is 1020 g/mol. The number of carbonyl (C=O) groups excluding carboxylic acids is 4. The summed E-state index contributed by atoms with van der Waals surface area (Å²) < 4.78 is 49.4. The van der Waals surface area contributed by atoms with E-state index < -0.39 is 52.1 Å². The van der Waals surface area contributed by atoms with Crippen molar-refractivity contribution >= 4 is 61.4 Å². The molecule has 4 N–H and O–H groups in total. The molecule has 1 fully saturated rings. The second kappa shape index (κ2) is 21.0. The molecule has 1 aromatic heterocycles. The average Bonchev–Trinajstić information content (AvgIpc) is 3.70. The number of imide groups is 1. The highest BCUT2D eigenvalue weighted by Crippen LogP contribution is 2.39. The van der Waals surface area contributed by atoms with Crippen LogP contribution in [0.2, 0.25) is 0 Å². The Morgan fingerprint density at radius 2 is 1.75 bits per heavy atom. The maximum Gasteiger partial charge on any atom is 0.304 e. The summed E-state index contributed by atoms with van der Waals surface area (Å²) in [5.74, 6) is -2.41. The molecule has 20 heteroatoms. The van der Waals surface area contributed by atoms with Crippen LogP contribution in [-0.4, -0.2) is 118 Å². The Balaban J connectivity index is 0.771. The van der Waals surface area contributed by atoms with E-state index in [1.807, 2.05) is 44.2 Å². The number of aliphatic carboxylic acids is 1. The van der Waals surface area contributed by atoms with E-state index in [1.165, 1.54) is 17.5 Å². The van der Waals surface area contributed by atoms with Gasteiger partial charge < -0.3 is 35.1 Å². The number of sulfonamides is 1. The van der Waals surface area contributed by atoms with Crippen LogP contribution in [0.4, 0.5) is 0 Å². The number of aryl methyl sites for hydroxylation is 3. The molecule has 4 amide bonds. The number of amides is 4. The van der Waals surface area contributed by atoms with Gasteiger partial charge in [0.25, 0.3) is 17.7 Å². The molecular weight excluding hydrogens is 959 g/mol. The molecule has 0 aliphatic carbocycles. The maximum absolute atomic E-state index is 14.3. The fourth-order valence-corrected chi connectivity index (χ4v) is 11.7. The predicted molar refractivity (Wildman–Crippen MR) is 267 cm³/mol. The molecule has 0 saturated carbocycles. The van der Waals surface area contributed by atoms with E-state index in [2.05, 4.69) is 20.9 Å². The van der Waals surface area contributed by atoms with Crippen LogP contribution in [0.15, 0.2) is 83.8 Å². The molecule has 382 valence electrons. The van der Waals surface area contributed by atoms with Gasteiger partial charge in [0.2, 0.25) is 15.9 Å². The number of unbranched alkanes of at least 4 members (excludes halogenated alkanes) is 3. The molecule has 0 spiro atoms. The minimum atomic E-state index is -4.01. The van der Waals surface area contributed by atoms with E-state index in [1.54, 1.807) is 54.2 Å². The third-order valence-electron chi connectivity index (χ3n) is 13.8. The van der Waals surface area contributed by atoms with Gasteiger partial charge in [0, 0.05) is 43.4 Å². The number of hydrogen-bond donors (Lipinski definition) is 4. The van der Waals surface area contributed by atoms with Crippen LogP contribution in [0.1, 0.15) is 106 Å². The summed E-state index contributed by atoms with van der Waals surface area (Å²) >= 11 is 0. The summed E-state index contributed by atoms with van der Waals surface area (Å²) in [6, 6.07) is 21.7. The highest BCUT2D eigenvalue weighted by molar-refractivity contribution is 7.89. The van der Waals surface area contributed by atoms with Crippen molar-refractivity contribution in [3.63, 3.8) is 0 Å². The number of carboxylic acids is 1. The number of aromatic nitrogens is 3. The zero-order chi connectivity index (χ0) is 51.7. The summed E-state index contributed by atoms with van der Waals surface area (Å²) in [5, 5.41) is 35.2. The Kier molecular flexibility index (Phi) is 14.5. The van der Waals surface area contributed by atoms with E-state index in [0.29, 0.717) is 63.0 Å². The predicted octanol–water partition coefficient (Wildman–Crippen LogP) is 5.51. The van der Waals surface area contributed by atoms with Crippen LogP contribution >= 0.6 is 0 Å². The number of benzene rings is 5. The van der Waals surface area contributed by atoms with Crippen LogP contribution in [-0.2, 0) is 44.4 Å². The smallest absolute Gasteiger partial charge is 0.304 e. The number of nitrogens with one attached hydrogen (secondary N) is 2. The Hall–Kier alpha value is -7.42. The molecule has 3 unspecified atom stereocenters. The van der Waals surface area contributed by atoms with Crippen molar-refractivity contribution in [3.8, 4) is 17.2 Å². The summed E-state index contributed by atoms with van der Waals surface area (Å²) in [7, 11) is -0.728. The van der Waals surface area contributed by atoms with E-state index in [9.17, 15) is 42.6 Å². The molecule has 0 bridgehead atoms. The van der Waals surface area contributed by atoms with Crippen molar-refractivity contribution in [3.05, 3.63) is 118 Å². The molecule has 5 aromatic carbocycles. The molecule has 19 nitrogen and oxygen atoms in total. The van der Waals surface area contributed by atoms with Gasteiger partial charge in [-0.1, -0.05) is 54.5 Å². The molecule has 1 saturated heterocycles. The number of nitrogens with zero attached hydrogens (tertiary/aromatic N) is 5. The topological polar surface area (TPSA) is 249 Å². The molecule has 4 heterocycles. The number of aliphatic hydroxyl groups is 1. The summed E-state index contributed by atoms with van der Waals surface area (Å²) in [5.41, 5.74) is 5.64. The molecular formula is C53H57N7O12S. The number of hydrogen-bond acceptors (Lipinski definition) is 13. The molecule has 0 radical (unpaired) electrons.